The van der Waals surface area contributed by atoms with Crippen LogP contribution in [-0.4, -0.2) is 46.2 Å². The van der Waals surface area contributed by atoms with Gasteiger partial charge in [0.05, 0.1) is 24.3 Å². The molecule has 158 valence electrons. The smallest absolute Gasteiger partial charge is 0.274 e. The van der Waals surface area contributed by atoms with Crippen LogP contribution in [0.3, 0.4) is 0 Å². The monoisotopic (exact) mass is 450 g/mol. The zero-order valence-corrected chi connectivity index (χ0v) is 17.4. The van der Waals surface area contributed by atoms with E-state index in [1.54, 1.807) is 12.1 Å². The number of fused-ring (bicyclic) bond motifs is 1. The van der Waals surface area contributed by atoms with Crippen LogP contribution in [0.4, 0.5) is 10.1 Å². The Kier molecular flexibility index (Phi) is 5.97. The first-order valence-electron chi connectivity index (χ1n) is 9.35. The number of aromatic nitrogens is 1. The predicted molar refractivity (Wildman–Crippen MR) is 114 cm³/mol. The summed E-state index contributed by atoms with van der Waals surface area (Å²) in [6.45, 7) is -0.0136. The van der Waals surface area contributed by atoms with E-state index in [1.165, 1.54) is 36.2 Å². The second-order valence-electron chi connectivity index (χ2n) is 7.24. The van der Waals surface area contributed by atoms with Gasteiger partial charge in [-0.2, -0.15) is 0 Å². The van der Waals surface area contributed by atoms with E-state index in [2.05, 4.69) is 15.3 Å². The molecule has 3 heterocycles. The van der Waals surface area contributed by atoms with Crippen LogP contribution in [0.25, 0.3) is 0 Å². The van der Waals surface area contributed by atoms with Crippen molar-refractivity contribution in [1.29, 1.82) is 0 Å². The minimum atomic E-state index is -1.01. The van der Waals surface area contributed by atoms with Gasteiger partial charge in [0.25, 0.3) is 5.91 Å². The Bertz CT molecular complexity index is 991. The normalized spacial score (nSPS) is 25.9. The van der Waals surface area contributed by atoms with Crippen molar-refractivity contribution in [3.63, 3.8) is 0 Å². The number of nitrogens with one attached hydrogen (secondary N) is 1. The quantitative estimate of drug-likeness (QED) is 0.660. The molecule has 0 saturated carbocycles. The SMILES string of the molecule is NC1=N[C@@]2(c3cc(NC(=O)c4ccc(Cl)cn4)ccc3F)CO[C@@H](CO)C[C@H]2CS1. The van der Waals surface area contributed by atoms with Gasteiger partial charge in [-0.05, 0) is 36.8 Å². The number of amidine groups is 1. The molecule has 2 aromatic rings. The summed E-state index contributed by atoms with van der Waals surface area (Å²) in [6, 6.07) is 7.40. The molecule has 7 nitrogen and oxygen atoms in total. The largest absolute Gasteiger partial charge is 0.394 e. The number of aliphatic imine (C=N–C) groups is 1. The lowest BCUT2D eigenvalue weighted by Gasteiger charge is -2.46. The highest BCUT2D eigenvalue weighted by Gasteiger charge is 2.49. The number of hydrogen-bond acceptors (Lipinski definition) is 7. The molecule has 0 aliphatic carbocycles. The molecular weight excluding hydrogens is 431 g/mol. The van der Waals surface area contributed by atoms with Crippen molar-refractivity contribution in [2.24, 2.45) is 16.6 Å². The van der Waals surface area contributed by atoms with Gasteiger partial charge in [0.15, 0.2) is 5.17 Å². The second kappa shape index (κ2) is 8.50. The van der Waals surface area contributed by atoms with Crippen molar-refractivity contribution in [3.05, 3.63) is 58.6 Å². The van der Waals surface area contributed by atoms with Crippen LogP contribution in [0.2, 0.25) is 5.02 Å². The Morgan fingerprint density at radius 3 is 3.00 bits per heavy atom. The molecule has 3 atom stereocenters. The lowest BCUT2D eigenvalue weighted by molar-refractivity contribution is -0.0770. The number of pyridine rings is 1. The molecule has 10 heteroatoms. The number of thioether (sulfide) groups is 1. The summed E-state index contributed by atoms with van der Waals surface area (Å²) in [5.74, 6) is -0.336. The third-order valence-corrected chi connectivity index (χ3v) is 6.54. The number of ether oxygens (including phenoxy) is 1. The lowest BCUT2D eigenvalue weighted by atomic mass is 9.75. The number of carbonyl (C=O) groups excluding carboxylic acids is 1. The first-order chi connectivity index (χ1) is 14.4. The summed E-state index contributed by atoms with van der Waals surface area (Å²) in [4.78, 5) is 21.1. The van der Waals surface area contributed by atoms with Crippen LogP contribution in [0.15, 0.2) is 41.5 Å². The molecule has 1 saturated heterocycles. The number of carbonyl (C=O) groups is 1. The van der Waals surface area contributed by atoms with Gasteiger partial charge in [0.2, 0.25) is 0 Å². The molecule has 4 N–H and O–H groups in total. The molecular formula is C20H20ClFN4O3S. The maximum atomic E-state index is 15.0. The third kappa shape index (κ3) is 4.02. The van der Waals surface area contributed by atoms with E-state index in [4.69, 9.17) is 22.1 Å². The van der Waals surface area contributed by atoms with Crippen molar-refractivity contribution in [1.82, 2.24) is 4.98 Å². The van der Waals surface area contributed by atoms with Crippen molar-refractivity contribution in [2.75, 3.05) is 24.3 Å². The molecule has 0 spiro atoms. The maximum Gasteiger partial charge on any atom is 0.274 e. The van der Waals surface area contributed by atoms with E-state index < -0.39 is 17.3 Å². The van der Waals surface area contributed by atoms with Crippen LogP contribution in [0.5, 0.6) is 0 Å². The van der Waals surface area contributed by atoms with Crippen molar-refractivity contribution in [2.45, 2.75) is 18.1 Å². The molecule has 1 amide bonds. The second-order valence-corrected chi connectivity index (χ2v) is 8.72. The number of aliphatic hydroxyl groups excluding tert-OH is 1. The zero-order chi connectivity index (χ0) is 21.3. The fourth-order valence-electron chi connectivity index (χ4n) is 3.81. The summed E-state index contributed by atoms with van der Waals surface area (Å²) >= 11 is 7.22. The molecule has 4 rings (SSSR count). The van der Waals surface area contributed by atoms with Gasteiger partial charge in [0.1, 0.15) is 17.1 Å². The highest BCUT2D eigenvalue weighted by molar-refractivity contribution is 8.13. The number of benzene rings is 1. The standard InChI is InChI=1S/C20H20ClFN4O3S/c21-12-1-4-17(24-7-12)18(28)25-13-2-3-16(22)15(6-13)20-10-29-14(8-27)5-11(20)9-30-19(23)26-20/h1-4,6-7,11,14,27H,5,8-10H2,(H2,23,26)(H,25,28)/t11-,14+,20-/m0/s1. The summed E-state index contributed by atoms with van der Waals surface area (Å²) in [7, 11) is 0. The van der Waals surface area contributed by atoms with E-state index in [0.717, 1.165) is 0 Å². The molecule has 1 fully saturated rings. The lowest BCUT2D eigenvalue weighted by Crippen LogP contribution is -2.51. The average Bonchev–Trinajstić information content (AvgIpc) is 2.75. The first-order valence-corrected chi connectivity index (χ1v) is 10.7. The Hall–Kier alpha value is -2.20. The van der Waals surface area contributed by atoms with E-state index in [9.17, 15) is 14.3 Å². The van der Waals surface area contributed by atoms with Gasteiger partial charge in [-0.15, -0.1) is 0 Å². The molecule has 2 aliphatic rings. The molecule has 0 unspecified atom stereocenters. The topological polar surface area (TPSA) is 110 Å². The van der Waals surface area contributed by atoms with Crippen LogP contribution < -0.4 is 11.1 Å². The minimum absolute atomic E-state index is 0.0703. The van der Waals surface area contributed by atoms with E-state index in [-0.39, 0.29) is 30.9 Å². The average molecular weight is 451 g/mol. The fraction of sp³-hybridized carbons (Fsp3) is 0.350. The number of halogens is 2. The molecule has 0 bridgehead atoms. The fourth-order valence-corrected chi connectivity index (χ4v) is 4.94. The predicted octanol–water partition coefficient (Wildman–Crippen LogP) is 2.78. The number of aliphatic hydroxyl groups is 1. The number of anilines is 1. The summed E-state index contributed by atoms with van der Waals surface area (Å²) in [5.41, 5.74) is 5.86. The molecule has 1 aromatic heterocycles. The number of nitrogens with two attached hydrogens (primary N) is 1. The van der Waals surface area contributed by atoms with Crippen LogP contribution in [0, 0.1) is 11.7 Å². The summed E-state index contributed by atoms with van der Waals surface area (Å²) in [6.07, 6.45) is 1.59. The Labute approximate surface area is 181 Å². The molecule has 1 aromatic carbocycles. The Morgan fingerprint density at radius 1 is 1.43 bits per heavy atom. The van der Waals surface area contributed by atoms with Crippen LogP contribution >= 0.6 is 23.4 Å². The van der Waals surface area contributed by atoms with E-state index in [1.807, 2.05) is 0 Å². The minimum Gasteiger partial charge on any atom is -0.394 e. The van der Waals surface area contributed by atoms with E-state index >= 15 is 0 Å². The van der Waals surface area contributed by atoms with Gasteiger partial charge >= 0.3 is 0 Å². The Morgan fingerprint density at radius 2 is 2.27 bits per heavy atom. The molecule has 2 aliphatic heterocycles. The maximum absolute atomic E-state index is 15.0. The van der Waals surface area contributed by atoms with Gasteiger partial charge in [-0.25, -0.2) is 14.4 Å². The number of nitrogens with zero attached hydrogens (tertiary/aromatic N) is 2. The van der Waals surface area contributed by atoms with Gasteiger partial charge in [0, 0.05) is 29.1 Å². The van der Waals surface area contributed by atoms with Crippen molar-refractivity contribution in [3.8, 4) is 0 Å². The number of amides is 1. The first kappa shape index (κ1) is 21.0. The van der Waals surface area contributed by atoms with Crippen molar-refractivity contribution >= 4 is 40.1 Å². The molecule has 0 radical (unpaired) electrons. The van der Waals surface area contributed by atoms with Gasteiger partial charge in [-0.3, -0.25) is 4.79 Å². The van der Waals surface area contributed by atoms with E-state index in [0.29, 0.717) is 33.6 Å². The molecule has 30 heavy (non-hydrogen) atoms. The highest BCUT2D eigenvalue weighted by Crippen LogP contribution is 2.47. The van der Waals surface area contributed by atoms with Crippen LogP contribution in [-0.2, 0) is 10.3 Å². The number of rotatable bonds is 4. The summed E-state index contributed by atoms with van der Waals surface area (Å²) < 4.78 is 20.7. The van der Waals surface area contributed by atoms with Gasteiger partial charge in [-0.1, -0.05) is 23.4 Å². The van der Waals surface area contributed by atoms with Gasteiger partial charge < -0.3 is 20.9 Å². The highest BCUT2D eigenvalue weighted by atomic mass is 35.5. The third-order valence-electron chi connectivity index (χ3n) is 5.36. The number of hydrogen-bond donors (Lipinski definition) is 3. The van der Waals surface area contributed by atoms with Crippen LogP contribution in [0.1, 0.15) is 22.5 Å². The Balaban J connectivity index is 1.67. The van der Waals surface area contributed by atoms with Crippen molar-refractivity contribution < 1.29 is 19.0 Å². The summed E-state index contributed by atoms with van der Waals surface area (Å²) in [5, 5.41) is 13.0. The zero-order valence-electron chi connectivity index (χ0n) is 15.8.